The quantitative estimate of drug-likeness (QED) is 0.469. The Kier molecular flexibility index (Phi) is 6.68. The molecule has 0 saturated carbocycles. The summed E-state index contributed by atoms with van der Waals surface area (Å²) in [5.41, 5.74) is 2.27. The Balaban J connectivity index is 1.74. The molecule has 1 aliphatic heterocycles. The van der Waals surface area contributed by atoms with E-state index in [2.05, 4.69) is 57.8 Å². The summed E-state index contributed by atoms with van der Waals surface area (Å²) in [6.07, 6.45) is 3.56. The van der Waals surface area contributed by atoms with Crippen molar-refractivity contribution in [2.24, 2.45) is 0 Å². The predicted molar refractivity (Wildman–Crippen MR) is 107 cm³/mol. The van der Waals surface area contributed by atoms with Gasteiger partial charge in [-0.15, -0.1) is 0 Å². The van der Waals surface area contributed by atoms with Crippen molar-refractivity contribution in [3.8, 4) is 0 Å². The van der Waals surface area contributed by atoms with Crippen LogP contribution in [0.15, 0.2) is 28.9 Å². The first kappa shape index (κ1) is 18.7. The molecular weight excluding hydrogens is 527 g/mol. The monoisotopic (exact) mass is 538 g/mol. The molecule has 1 aromatic carbocycles. The summed E-state index contributed by atoms with van der Waals surface area (Å²) in [6.45, 7) is 1.11. The summed E-state index contributed by atoms with van der Waals surface area (Å²) in [5.74, 6) is 0. The fourth-order valence-corrected chi connectivity index (χ4v) is 3.75. The van der Waals surface area contributed by atoms with Crippen LogP contribution in [0.25, 0.3) is 15.5 Å². The third-order valence-electron chi connectivity index (χ3n) is 3.54. The molecule has 24 heavy (non-hydrogen) atoms. The van der Waals surface area contributed by atoms with E-state index >= 15 is 0 Å². The second kappa shape index (κ2) is 8.56. The molecule has 0 spiro atoms. The van der Waals surface area contributed by atoms with E-state index in [1.807, 2.05) is 6.07 Å². The maximum Gasteiger partial charge on any atom is 0.170 e. The SMILES string of the molecule is Clc1ccc2nc(/C(Br)=C(\Br)COC3OCCCC3Br)cnc2c1. The summed E-state index contributed by atoms with van der Waals surface area (Å²) in [4.78, 5) is 9.22. The van der Waals surface area contributed by atoms with E-state index in [9.17, 15) is 0 Å². The lowest BCUT2D eigenvalue weighted by Gasteiger charge is -2.27. The van der Waals surface area contributed by atoms with Crippen molar-refractivity contribution in [1.82, 2.24) is 9.97 Å². The molecule has 1 aromatic heterocycles. The number of rotatable bonds is 4. The largest absolute Gasteiger partial charge is 0.351 e. The average molecular weight is 541 g/mol. The Bertz CT molecular complexity index is 772. The van der Waals surface area contributed by atoms with Crippen LogP contribution in [-0.2, 0) is 9.47 Å². The molecule has 1 saturated heterocycles. The van der Waals surface area contributed by atoms with Crippen LogP contribution < -0.4 is 0 Å². The van der Waals surface area contributed by atoms with Crippen LogP contribution in [0.3, 0.4) is 0 Å². The van der Waals surface area contributed by atoms with Crippen LogP contribution in [0.4, 0.5) is 0 Å². The number of halogens is 4. The lowest BCUT2D eigenvalue weighted by molar-refractivity contribution is -0.150. The minimum absolute atomic E-state index is 0.218. The highest BCUT2D eigenvalue weighted by Crippen LogP contribution is 2.30. The van der Waals surface area contributed by atoms with Gasteiger partial charge >= 0.3 is 0 Å². The van der Waals surface area contributed by atoms with E-state index in [4.69, 9.17) is 21.1 Å². The molecule has 2 atom stereocenters. The normalized spacial score (nSPS) is 22.5. The summed E-state index contributed by atoms with van der Waals surface area (Å²) >= 11 is 16.7. The van der Waals surface area contributed by atoms with E-state index in [1.54, 1.807) is 18.3 Å². The van der Waals surface area contributed by atoms with Crippen molar-refractivity contribution >= 4 is 74.9 Å². The Morgan fingerprint density at radius 2 is 2.17 bits per heavy atom. The minimum atomic E-state index is -0.239. The summed E-state index contributed by atoms with van der Waals surface area (Å²) in [5, 5.41) is 0.644. The molecule has 2 heterocycles. The van der Waals surface area contributed by atoms with Crippen LogP contribution in [-0.4, -0.2) is 34.3 Å². The molecule has 1 fully saturated rings. The zero-order valence-electron chi connectivity index (χ0n) is 12.5. The minimum Gasteiger partial charge on any atom is -0.351 e. The topological polar surface area (TPSA) is 44.2 Å². The van der Waals surface area contributed by atoms with E-state index in [1.165, 1.54) is 0 Å². The lowest BCUT2D eigenvalue weighted by Crippen LogP contribution is -2.32. The van der Waals surface area contributed by atoms with E-state index in [0.29, 0.717) is 11.6 Å². The molecule has 8 heteroatoms. The first-order valence-corrected chi connectivity index (χ1v) is 10.3. The molecule has 128 valence electrons. The van der Waals surface area contributed by atoms with Gasteiger partial charge in [0.05, 0.1) is 38.8 Å². The zero-order valence-corrected chi connectivity index (χ0v) is 18.0. The van der Waals surface area contributed by atoms with Gasteiger partial charge in [0.1, 0.15) is 0 Å². The van der Waals surface area contributed by atoms with Crippen LogP contribution in [0.1, 0.15) is 18.5 Å². The van der Waals surface area contributed by atoms with E-state index in [0.717, 1.165) is 45.1 Å². The van der Waals surface area contributed by atoms with Gasteiger partial charge < -0.3 is 9.47 Å². The Morgan fingerprint density at radius 3 is 2.96 bits per heavy atom. The number of hydrogen-bond donors (Lipinski definition) is 0. The highest BCUT2D eigenvalue weighted by molar-refractivity contribution is 9.16. The van der Waals surface area contributed by atoms with Crippen LogP contribution >= 0.6 is 59.4 Å². The van der Waals surface area contributed by atoms with Gasteiger partial charge in [0.25, 0.3) is 0 Å². The van der Waals surface area contributed by atoms with Gasteiger partial charge in [-0.05, 0) is 47.0 Å². The van der Waals surface area contributed by atoms with Gasteiger partial charge in [-0.3, -0.25) is 4.98 Å². The molecule has 3 rings (SSSR count). The number of ether oxygens (including phenoxy) is 2. The number of alkyl halides is 1. The fraction of sp³-hybridized carbons (Fsp3) is 0.375. The summed E-state index contributed by atoms with van der Waals surface area (Å²) in [6, 6.07) is 5.44. The third-order valence-corrected chi connectivity index (χ3v) is 6.71. The maximum atomic E-state index is 5.97. The van der Waals surface area contributed by atoms with Crippen molar-refractivity contribution < 1.29 is 9.47 Å². The van der Waals surface area contributed by atoms with Crippen molar-refractivity contribution in [3.63, 3.8) is 0 Å². The van der Waals surface area contributed by atoms with Crippen LogP contribution in [0, 0.1) is 0 Å². The average Bonchev–Trinajstić information content (AvgIpc) is 2.59. The summed E-state index contributed by atoms with van der Waals surface area (Å²) in [7, 11) is 0. The van der Waals surface area contributed by atoms with Gasteiger partial charge in [0.15, 0.2) is 6.29 Å². The number of aromatic nitrogens is 2. The highest BCUT2D eigenvalue weighted by Gasteiger charge is 2.24. The Hall–Kier alpha value is -0.0500. The van der Waals surface area contributed by atoms with Gasteiger partial charge in [0.2, 0.25) is 0 Å². The Morgan fingerprint density at radius 1 is 1.33 bits per heavy atom. The van der Waals surface area contributed by atoms with Crippen LogP contribution in [0.5, 0.6) is 0 Å². The molecule has 2 unspecified atom stereocenters. The van der Waals surface area contributed by atoms with Crippen molar-refractivity contribution in [1.29, 1.82) is 0 Å². The van der Waals surface area contributed by atoms with Gasteiger partial charge in [-0.2, -0.15) is 0 Å². The molecule has 0 amide bonds. The van der Waals surface area contributed by atoms with E-state index in [-0.39, 0.29) is 11.1 Å². The Labute approximate surface area is 170 Å². The standard InChI is InChI=1S/C16H14Br3ClN2O2/c17-10-2-1-5-23-16(10)24-8-11(18)15(19)14-7-21-13-6-9(20)3-4-12(13)22-14/h3-4,6-7,10,16H,1-2,5,8H2/b15-11+. The smallest absolute Gasteiger partial charge is 0.170 e. The second-order valence-corrected chi connectivity index (χ2v) is 8.68. The van der Waals surface area contributed by atoms with Crippen molar-refractivity contribution in [2.45, 2.75) is 24.0 Å². The van der Waals surface area contributed by atoms with Crippen molar-refractivity contribution in [2.75, 3.05) is 13.2 Å². The highest BCUT2D eigenvalue weighted by atomic mass is 79.9. The fourth-order valence-electron chi connectivity index (χ4n) is 2.32. The first-order chi connectivity index (χ1) is 11.5. The van der Waals surface area contributed by atoms with Gasteiger partial charge in [0, 0.05) is 16.1 Å². The first-order valence-electron chi connectivity index (χ1n) is 7.38. The molecule has 1 aliphatic rings. The van der Waals surface area contributed by atoms with Gasteiger partial charge in [-0.1, -0.05) is 43.5 Å². The number of nitrogens with zero attached hydrogens (tertiary/aromatic N) is 2. The number of hydrogen-bond acceptors (Lipinski definition) is 4. The molecule has 0 N–H and O–H groups in total. The van der Waals surface area contributed by atoms with Crippen LogP contribution in [0.2, 0.25) is 5.02 Å². The van der Waals surface area contributed by atoms with Gasteiger partial charge in [-0.25, -0.2) is 4.98 Å². The number of benzene rings is 1. The lowest BCUT2D eigenvalue weighted by atomic mass is 10.2. The van der Waals surface area contributed by atoms with E-state index < -0.39 is 0 Å². The molecule has 4 nitrogen and oxygen atoms in total. The number of fused-ring (bicyclic) bond motifs is 1. The maximum absolute atomic E-state index is 5.97. The molecule has 2 aromatic rings. The molecule has 0 aliphatic carbocycles. The summed E-state index contributed by atoms with van der Waals surface area (Å²) < 4.78 is 13.1. The van der Waals surface area contributed by atoms with Crippen molar-refractivity contribution in [3.05, 3.63) is 39.6 Å². The molecule has 0 bridgehead atoms. The molecule has 0 radical (unpaired) electrons. The third kappa shape index (κ3) is 4.56. The zero-order chi connectivity index (χ0) is 17.1. The molecular formula is C16H14Br3ClN2O2. The second-order valence-electron chi connectivity index (χ2n) is 5.32. The predicted octanol–water partition coefficient (Wildman–Crippen LogP) is 5.66.